The van der Waals surface area contributed by atoms with Crippen molar-refractivity contribution in [2.75, 3.05) is 19.0 Å². The molecule has 4 heteroatoms. The fraction of sp³-hybridized carbons (Fsp3) is 0.192. The quantitative estimate of drug-likeness (QED) is 0.397. The van der Waals surface area contributed by atoms with E-state index in [9.17, 15) is 4.79 Å². The largest absolute Gasteiger partial charge is 0.493 e. The van der Waals surface area contributed by atoms with Gasteiger partial charge in [0.2, 0.25) is 0 Å². The molecule has 1 amide bonds. The molecule has 0 fully saturated rings. The molecule has 3 aromatic rings. The summed E-state index contributed by atoms with van der Waals surface area (Å²) in [6.45, 7) is 0.618. The molecule has 0 aromatic heterocycles. The SMILES string of the molecule is COc1ccc(/C=C2/C(=O)Nc3ccccc32)cc1OCCCCc1ccccc1. The molecular weight excluding hydrogens is 374 g/mol. The van der Waals surface area contributed by atoms with Crippen LogP contribution in [0, 0.1) is 0 Å². The van der Waals surface area contributed by atoms with Crippen molar-refractivity contribution in [2.45, 2.75) is 19.3 Å². The number of hydrogen-bond donors (Lipinski definition) is 1. The summed E-state index contributed by atoms with van der Waals surface area (Å²) in [7, 11) is 1.64. The summed E-state index contributed by atoms with van der Waals surface area (Å²) in [5.41, 5.74) is 4.67. The van der Waals surface area contributed by atoms with Crippen molar-refractivity contribution in [2.24, 2.45) is 0 Å². The Balaban J connectivity index is 1.43. The number of ether oxygens (including phenoxy) is 2. The lowest BCUT2D eigenvalue weighted by atomic mass is 10.0. The van der Waals surface area contributed by atoms with Gasteiger partial charge in [-0.3, -0.25) is 4.79 Å². The van der Waals surface area contributed by atoms with Crippen molar-refractivity contribution in [3.63, 3.8) is 0 Å². The lowest BCUT2D eigenvalue weighted by Gasteiger charge is -2.12. The third-order valence-corrected chi connectivity index (χ3v) is 5.17. The Morgan fingerprint density at radius 2 is 1.70 bits per heavy atom. The van der Waals surface area contributed by atoms with Crippen molar-refractivity contribution in [3.8, 4) is 11.5 Å². The number of methoxy groups -OCH3 is 1. The number of aryl methyl sites for hydroxylation is 1. The van der Waals surface area contributed by atoms with Crippen LogP contribution in [0.15, 0.2) is 72.8 Å². The molecule has 152 valence electrons. The van der Waals surface area contributed by atoms with Crippen LogP contribution in [0.5, 0.6) is 11.5 Å². The molecule has 0 unspecified atom stereocenters. The number of carbonyl (C=O) groups is 1. The number of amides is 1. The number of rotatable bonds is 8. The minimum absolute atomic E-state index is 0.0876. The Morgan fingerprint density at radius 1 is 0.900 bits per heavy atom. The zero-order valence-electron chi connectivity index (χ0n) is 17.1. The zero-order valence-corrected chi connectivity index (χ0v) is 17.1. The molecule has 1 heterocycles. The normalized spacial score (nSPS) is 13.8. The van der Waals surface area contributed by atoms with Gasteiger partial charge in [0, 0.05) is 16.8 Å². The van der Waals surface area contributed by atoms with E-state index in [1.54, 1.807) is 7.11 Å². The van der Waals surface area contributed by atoms with Crippen LogP contribution in [-0.2, 0) is 11.2 Å². The molecule has 1 N–H and O–H groups in total. The van der Waals surface area contributed by atoms with Crippen LogP contribution in [0.4, 0.5) is 5.69 Å². The van der Waals surface area contributed by atoms with E-state index in [0.29, 0.717) is 23.7 Å². The Hall–Kier alpha value is -3.53. The summed E-state index contributed by atoms with van der Waals surface area (Å²) in [6.07, 6.45) is 4.96. The average molecular weight is 399 g/mol. The highest BCUT2D eigenvalue weighted by Crippen LogP contribution is 2.34. The van der Waals surface area contributed by atoms with Crippen LogP contribution in [0.1, 0.15) is 29.5 Å². The number of carbonyl (C=O) groups excluding carboxylic acids is 1. The molecule has 0 bridgehead atoms. The van der Waals surface area contributed by atoms with E-state index < -0.39 is 0 Å². The molecular formula is C26H25NO3. The number of fused-ring (bicyclic) bond motifs is 1. The molecule has 0 radical (unpaired) electrons. The minimum Gasteiger partial charge on any atom is -0.493 e. The number of unbranched alkanes of at least 4 members (excludes halogenated alkanes) is 1. The highest BCUT2D eigenvalue weighted by Gasteiger charge is 2.23. The molecule has 4 nitrogen and oxygen atoms in total. The molecule has 30 heavy (non-hydrogen) atoms. The van der Waals surface area contributed by atoms with Gasteiger partial charge in [0.25, 0.3) is 5.91 Å². The van der Waals surface area contributed by atoms with E-state index in [4.69, 9.17) is 9.47 Å². The van der Waals surface area contributed by atoms with E-state index in [-0.39, 0.29) is 5.91 Å². The summed E-state index contributed by atoms with van der Waals surface area (Å²) in [5, 5.41) is 2.90. The van der Waals surface area contributed by atoms with Crippen molar-refractivity contribution in [1.29, 1.82) is 0 Å². The van der Waals surface area contributed by atoms with Gasteiger partial charge in [-0.25, -0.2) is 0 Å². The van der Waals surface area contributed by atoms with Gasteiger partial charge in [-0.1, -0.05) is 54.6 Å². The van der Waals surface area contributed by atoms with E-state index in [2.05, 4.69) is 29.6 Å². The molecule has 1 aliphatic rings. The fourth-order valence-corrected chi connectivity index (χ4v) is 3.60. The van der Waals surface area contributed by atoms with Crippen molar-refractivity contribution in [1.82, 2.24) is 0 Å². The van der Waals surface area contributed by atoms with Gasteiger partial charge in [-0.05, 0) is 54.7 Å². The summed E-state index contributed by atoms with van der Waals surface area (Å²) in [6, 6.07) is 23.9. The summed E-state index contributed by atoms with van der Waals surface area (Å²) >= 11 is 0. The molecule has 0 atom stereocenters. The van der Waals surface area contributed by atoms with Crippen molar-refractivity contribution < 1.29 is 14.3 Å². The van der Waals surface area contributed by atoms with Crippen LogP contribution in [0.2, 0.25) is 0 Å². The van der Waals surface area contributed by atoms with Crippen molar-refractivity contribution >= 4 is 23.2 Å². The molecule has 0 spiro atoms. The first-order chi connectivity index (χ1) is 14.7. The number of hydrogen-bond acceptors (Lipinski definition) is 3. The predicted octanol–water partition coefficient (Wildman–Crippen LogP) is 5.59. The first kappa shape index (κ1) is 19.8. The highest BCUT2D eigenvalue weighted by atomic mass is 16.5. The third kappa shape index (κ3) is 4.54. The first-order valence-corrected chi connectivity index (χ1v) is 10.2. The van der Waals surface area contributed by atoms with E-state index >= 15 is 0 Å². The maximum Gasteiger partial charge on any atom is 0.256 e. The van der Waals surface area contributed by atoms with E-state index in [1.807, 2.05) is 54.6 Å². The van der Waals surface area contributed by atoms with Gasteiger partial charge >= 0.3 is 0 Å². The van der Waals surface area contributed by atoms with Gasteiger partial charge in [-0.15, -0.1) is 0 Å². The van der Waals surface area contributed by atoms with Gasteiger partial charge in [-0.2, -0.15) is 0 Å². The molecule has 0 saturated heterocycles. The summed E-state index contributed by atoms with van der Waals surface area (Å²) in [5.74, 6) is 1.30. The molecule has 0 aliphatic carbocycles. The number of anilines is 1. The lowest BCUT2D eigenvalue weighted by Crippen LogP contribution is -2.03. The second-order valence-corrected chi connectivity index (χ2v) is 7.26. The van der Waals surface area contributed by atoms with Gasteiger partial charge < -0.3 is 14.8 Å². The van der Waals surface area contributed by atoms with E-state index in [0.717, 1.165) is 36.1 Å². The fourth-order valence-electron chi connectivity index (χ4n) is 3.60. The van der Waals surface area contributed by atoms with Gasteiger partial charge in [0.05, 0.1) is 13.7 Å². The lowest BCUT2D eigenvalue weighted by molar-refractivity contribution is -0.110. The summed E-state index contributed by atoms with van der Waals surface area (Å²) < 4.78 is 11.5. The minimum atomic E-state index is -0.0876. The second kappa shape index (κ2) is 9.31. The molecule has 1 aliphatic heterocycles. The number of benzene rings is 3. The van der Waals surface area contributed by atoms with Crippen LogP contribution in [-0.4, -0.2) is 19.6 Å². The summed E-state index contributed by atoms with van der Waals surface area (Å²) in [4.78, 5) is 12.4. The van der Waals surface area contributed by atoms with Gasteiger partial charge in [0.15, 0.2) is 11.5 Å². The number of nitrogens with one attached hydrogen (secondary N) is 1. The zero-order chi connectivity index (χ0) is 20.8. The van der Waals surface area contributed by atoms with Crippen LogP contribution < -0.4 is 14.8 Å². The third-order valence-electron chi connectivity index (χ3n) is 5.17. The Labute approximate surface area is 177 Å². The molecule has 0 saturated carbocycles. The predicted molar refractivity (Wildman–Crippen MR) is 121 cm³/mol. The first-order valence-electron chi connectivity index (χ1n) is 10.2. The Morgan fingerprint density at radius 3 is 2.53 bits per heavy atom. The number of para-hydroxylation sites is 1. The standard InChI is InChI=1S/C26H25NO3/c1-29-24-15-14-20(17-22-21-12-5-6-13-23(21)27-26(22)28)18-25(24)30-16-8-7-11-19-9-3-2-4-10-19/h2-6,9-10,12-15,17-18H,7-8,11,16H2,1H3,(H,27,28)/b22-17+. The monoisotopic (exact) mass is 399 g/mol. The Kier molecular flexibility index (Phi) is 6.14. The maximum absolute atomic E-state index is 12.4. The van der Waals surface area contributed by atoms with Crippen LogP contribution in [0.25, 0.3) is 11.6 Å². The molecule has 4 rings (SSSR count). The van der Waals surface area contributed by atoms with Crippen molar-refractivity contribution in [3.05, 3.63) is 89.5 Å². The molecule has 3 aromatic carbocycles. The smallest absolute Gasteiger partial charge is 0.256 e. The maximum atomic E-state index is 12.4. The van der Waals surface area contributed by atoms with Gasteiger partial charge in [0.1, 0.15) is 0 Å². The van der Waals surface area contributed by atoms with Crippen LogP contribution >= 0.6 is 0 Å². The average Bonchev–Trinajstić information content (AvgIpc) is 3.09. The topological polar surface area (TPSA) is 47.6 Å². The van der Waals surface area contributed by atoms with E-state index in [1.165, 1.54) is 5.56 Å². The van der Waals surface area contributed by atoms with Crippen LogP contribution in [0.3, 0.4) is 0 Å². The second-order valence-electron chi connectivity index (χ2n) is 7.26. The Bertz CT molecular complexity index is 1060. The highest BCUT2D eigenvalue weighted by molar-refractivity contribution is 6.34.